The van der Waals surface area contributed by atoms with E-state index in [2.05, 4.69) is 27.7 Å². The van der Waals surface area contributed by atoms with Crippen molar-refractivity contribution in [1.29, 1.82) is 0 Å². The van der Waals surface area contributed by atoms with Crippen molar-refractivity contribution < 1.29 is 9.59 Å². The number of halogens is 1. The highest BCUT2D eigenvalue weighted by Gasteiger charge is 2.30. The molecule has 2 N–H and O–H groups in total. The summed E-state index contributed by atoms with van der Waals surface area (Å²) in [6.07, 6.45) is 2.38. The molecule has 3 rings (SSSR count). The highest BCUT2D eigenvalue weighted by molar-refractivity contribution is 7.18. The van der Waals surface area contributed by atoms with Crippen molar-refractivity contribution in [3.63, 3.8) is 0 Å². The molecule has 1 aromatic carbocycles. The Balaban J connectivity index is 1.67. The molecule has 8 heteroatoms. The molecule has 6 nitrogen and oxygen atoms in total. The number of aryl methyl sites for hydroxylation is 1. The maximum Gasteiger partial charge on any atom is 0.262 e. The molecule has 29 heavy (non-hydrogen) atoms. The van der Waals surface area contributed by atoms with Gasteiger partial charge in [-0.1, -0.05) is 11.6 Å². The van der Waals surface area contributed by atoms with Gasteiger partial charge in [0.15, 0.2) is 0 Å². The topological polar surface area (TPSA) is 64.7 Å². The number of hydrogen-bond donors (Lipinski definition) is 2. The van der Waals surface area contributed by atoms with Crippen LogP contribution in [0.25, 0.3) is 0 Å². The first-order valence-corrected chi connectivity index (χ1v) is 10.9. The average Bonchev–Trinajstić information content (AvgIpc) is 3.09. The van der Waals surface area contributed by atoms with E-state index in [-0.39, 0.29) is 11.8 Å². The van der Waals surface area contributed by atoms with Crippen LogP contribution >= 0.6 is 22.9 Å². The summed E-state index contributed by atoms with van der Waals surface area (Å²) >= 11 is 7.07. The largest absolute Gasteiger partial charge is 0.337 e. The fourth-order valence-corrected chi connectivity index (χ4v) is 4.29. The van der Waals surface area contributed by atoms with E-state index in [9.17, 15) is 9.59 Å². The molecule has 0 saturated carbocycles. The molecule has 2 amide bonds. The highest BCUT2D eigenvalue weighted by atomic mass is 35.5. The molecular weight excluding hydrogens is 408 g/mol. The Bertz CT molecular complexity index is 912. The van der Waals surface area contributed by atoms with E-state index in [0.29, 0.717) is 14.9 Å². The Labute approximate surface area is 180 Å². The van der Waals surface area contributed by atoms with Crippen LogP contribution in [0.4, 0.5) is 11.4 Å². The second kappa shape index (κ2) is 8.73. The maximum atomic E-state index is 12.8. The standard InChI is InChI=1S/C21H27ClN4O2S/c1-14-13-15(7-8-16(14)26-12-6-5-11-25(26)4)23-20(28)21(2,3)24-19(27)17-9-10-18(22)29-17/h7-10,13H,5-6,11-12H2,1-4H3,(H,23,28)(H,24,27). The molecule has 0 bridgehead atoms. The van der Waals surface area contributed by atoms with Crippen LogP contribution in [0.15, 0.2) is 30.3 Å². The maximum absolute atomic E-state index is 12.8. The van der Waals surface area contributed by atoms with Crippen LogP contribution in [-0.4, -0.2) is 42.5 Å². The first-order valence-electron chi connectivity index (χ1n) is 9.66. The van der Waals surface area contributed by atoms with Gasteiger partial charge in [-0.15, -0.1) is 11.3 Å². The van der Waals surface area contributed by atoms with E-state index in [1.165, 1.54) is 24.2 Å². The number of amides is 2. The van der Waals surface area contributed by atoms with E-state index in [0.717, 1.165) is 24.3 Å². The van der Waals surface area contributed by atoms with Crippen LogP contribution in [0.3, 0.4) is 0 Å². The number of carbonyl (C=O) groups is 2. The number of nitrogens with zero attached hydrogens (tertiary/aromatic N) is 2. The summed E-state index contributed by atoms with van der Waals surface area (Å²) in [5.74, 6) is -0.600. The molecule has 1 aliphatic heterocycles. The van der Waals surface area contributed by atoms with Gasteiger partial charge in [0.05, 0.1) is 14.9 Å². The lowest BCUT2D eigenvalue weighted by Gasteiger charge is -2.38. The molecular formula is C21H27ClN4O2S. The van der Waals surface area contributed by atoms with Gasteiger partial charge in [0, 0.05) is 25.8 Å². The van der Waals surface area contributed by atoms with Gasteiger partial charge < -0.3 is 15.6 Å². The quantitative estimate of drug-likeness (QED) is 0.736. The van der Waals surface area contributed by atoms with Crippen molar-refractivity contribution in [2.75, 3.05) is 30.5 Å². The third-order valence-corrected chi connectivity index (χ3v) is 6.27. The normalized spacial score (nSPS) is 15.3. The minimum atomic E-state index is -1.08. The lowest BCUT2D eigenvalue weighted by Crippen LogP contribution is -2.52. The zero-order chi connectivity index (χ0) is 21.2. The molecule has 1 aromatic heterocycles. The van der Waals surface area contributed by atoms with Crippen molar-refractivity contribution in [1.82, 2.24) is 10.3 Å². The summed E-state index contributed by atoms with van der Waals surface area (Å²) in [4.78, 5) is 25.6. The summed E-state index contributed by atoms with van der Waals surface area (Å²) in [6.45, 7) is 7.44. The van der Waals surface area contributed by atoms with Crippen LogP contribution in [-0.2, 0) is 4.79 Å². The summed E-state index contributed by atoms with van der Waals surface area (Å²) in [6, 6.07) is 9.21. The number of carbonyl (C=O) groups excluding carboxylic acids is 2. The Kier molecular flexibility index (Phi) is 6.51. The molecule has 0 atom stereocenters. The van der Waals surface area contributed by atoms with Crippen LogP contribution in [0, 0.1) is 6.92 Å². The molecule has 1 saturated heterocycles. The van der Waals surface area contributed by atoms with Crippen molar-refractivity contribution in [2.24, 2.45) is 0 Å². The number of hydrogen-bond acceptors (Lipinski definition) is 5. The SMILES string of the molecule is Cc1cc(NC(=O)C(C)(C)NC(=O)c2ccc(Cl)s2)ccc1N1CCCCN1C. The minimum absolute atomic E-state index is 0.282. The van der Waals surface area contributed by atoms with Gasteiger partial charge in [-0.05, 0) is 69.5 Å². The van der Waals surface area contributed by atoms with Gasteiger partial charge in [0.2, 0.25) is 5.91 Å². The van der Waals surface area contributed by atoms with Gasteiger partial charge in [-0.25, -0.2) is 5.01 Å². The van der Waals surface area contributed by atoms with E-state index in [4.69, 9.17) is 11.6 Å². The highest BCUT2D eigenvalue weighted by Crippen LogP contribution is 2.27. The molecule has 0 radical (unpaired) electrons. The Morgan fingerprint density at radius 1 is 1.14 bits per heavy atom. The number of anilines is 2. The fraction of sp³-hybridized carbons (Fsp3) is 0.429. The molecule has 2 heterocycles. The Morgan fingerprint density at radius 3 is 2.48 bits per heavy atom. The number of rotatable bonds is 5. The average molecular weight is 435 g/mol. The van der Waals surface area contributed by atoms with Crippen molar-refractivity contribution in [3.8, 4) is 0 Å². The van der Waals surface area contributed by atoms with Crippen molar-refractivity contribution in [3.05, 3.63) is 45.1 Å². The Morgan fingerprint density at radius 2 is 1.86 bits per heavy atom. The second-order valence-electron chi connectivity index (χ2n) is 7.85. The molecule has 0 unspecified atom stereocenters. The number of thiophene rings is 1. The van der Waals surface area contributed by atoms with Crippen molar-refractivity contribution >= 4 is 46.1 Å². The zero-order valence-corrected chi connectivity index (χ0v) is 18.8. The number of benzene rings is 1. The van der Waals surface area contributed by atoms with Crippen molar-refractivity contribution in [2.45, 2.75) is 39.2 Å². The van der Waals surface area contributed by atoms with Gasteiger partial charge >= 0.3 is 0 Å². The van der Waals surface area contributed by atoms with Crippen LogP contribution in [0.5, 0.6) is 0 Å². The summed E-state index contributed by atoms with van der Waals surface area (Å²) in [5.41, 5.74) is 1.86. The van der Waals surface area contributed by atoms with E-state index in [1.807, 2.05) is 25.1 Å². The zero-order valence-electron chi connectivity index (χ0n) is 17.2. The minimum Gasteiger partial charge on any atom is -0.337 e. The third-order valence-electron chi connectivity index (χ3n) is 5.04. The van der Waals surface area contributed by atoms with E-state index < -0.39 is 5.54 Å². The second-order valence-corrected chi connectivity index (χ2v) is 9.56. The number of hydrazine groups is 1. The van der Waals surface area contributed by atoms with Gasteiger partial charge in [0.25, 0.3) is 5.91 Å². The summed E-state index contributed by atoms with van der Waals surface area (Å²) in [5, 5.41) is 10.2. The summed E-state index contributed by atoms with van der Waals surface area (Å²) < 4.78 is 0.535. The predicted octanol–water partition coefficient (Wildman–Crippen LogP) is 4.30. The first-order chi connectivity index (χ1) is 13.7. The van der Waals surface area contributed by atoms with Gasteiger partial charge in [-0.3, -0.25) is 9.59 Å². The summed E-state index contributed by atoms with van der Waals surface area (Å²) in [7, 11) is 2.10. The van der Waals surface area contributed by atoms with Gasteiger partial charge in [0.1, 0.15) is 5.54 Å². The molecule has 0 aliphatic carbocycles. The lowest BCUT2D eigenvalue weighted by molar-refractivity contribution is -0.120. The monoisotopic (exact) mass is 434 g/mol. The smallest absolute Gasteiger partial charge is 0.262 e. The van der Waals surface area contributed by atoms with Gasteiger partial charge in [-0.2, -0.15) is 0 Å². The first kappa shape index (κ1) is 21.6. The third kappa shape index (κ3) is 5.10. The van der Waals surface area contributed by atoms with Crippen LogP contribution in [0.2, 0.25) is 4.34 Å². The molecule has 2 aromatic rings. The van der Waals surface area contributed by atoms with Crippen LogP contribution in [0.1, 0.15) is 41.9 Å². The van der Waals surface area contributed by atoms with E-state index >= 15 is 0 Å². The predicted molar refractivity (Wildman–Crippen MR) is 120 cm³/mol. The fourth-order valence-electron chi connectivity index (χ4n) is 3.35. The molecule has 156 valence electrons. The lowest BCUT2D eigenvalue weighted by atomic mass is 10.0. The van der Waals surface area contributed by atoms with E-state index in [1.54, 1.807) is 26.0 Å². The number of nitrogens with one attached hydrogen (secondary N) is 2. The Hall–Kier alpha value is -2.09. The molecule has 0 spiro atoms. The molecule has 1 fully saturated rings. The molecule has 1 aliphatic rings. The van der Waals surface area contributed by atoms with Crippen LogP contribution < -0.4 is 15.6 Å².